The minimum atomic E-state index is -0.207. The molecule has 0 aromatic heterocycles. The third-order valence-electron chi connectivity index (χ3n) is 4.33. The van der Waals surface area contributed by atoms with Gasteiger partial charge >= 0.3 is 7.12 Å². The second-order valence-corrected chi connectivity index (χ2v) is 6.56. The molecule has 0 aliphatic carbocycles. The first-order valence-corrected chi connectivity index (χ1v) is 7.21. The Labute approximate surface area is 117 Å². The van der Waals surface area contributed by atoms with Gasteiger partial charge in [0.05, 0.1) is 11.2 Å². The fourth-order valence-corrected chi connectivity index (χ4v) is 2.31. The molecule has 0 unspecified atom stereocenters. The van der Waals surface area contributed by atoms with E-state index in [4.69, 9.17) is 9.31 Å². The molecule has 1 fully saturated rings. The normalized spacial score (nSPS) is 20.8. The maximum absolute atomic E-state index is 6.00. The van der Waals surface area contributed by atoms with Crippen molar-refractivity contribution in [3.8, 4) is 0 Å². The van der Waals surface area contributed by atoms with E-state index < -0.39 is 0 Å². The predicted octanol–water partition coefficient (Wildman–Crippen LogP) is 4.02. The van der Waals surface area contributed by atoms with Gasteiger partial charge in [-0.2, -0.15) is 0 Å². The zero-order valence-corrected chi connectivity index (χ0v) is 12.8. The van der Waals surface area contributed by atoms with Crippen molar-refractivity contribution in [1.82, 2.24) is 0 Å². The third kappa shape index (κ3) is 3.40. The number of rotatable bonds is 4. The monoisotopic (exact) mass is 260 g/mol. The average Bonchev–Trinajstić information content (AvgIpc) is 2.50. The summed E-state index contributed by atoms with van der Waals surface area (Å²) in [6.07, 6.45) is 3.14. The molecule has 1 aliphatic rings. The summed E-state index contributed by atoms with van der Waals surface area (Å²) in [6.45, 7) is 10.5. The van der Waals surface area contributed by atoms with Crippen LogP contribution in [-0.4, -0.2) is 18.3 Å². The van der Waals surface area contributed by atoms with Crippen LogP contribution in [0.2, 0.25) is 6.32 Å². The molecular formula is C16H25BO2. The van der Waals surface area contributed by atoms with Gasteiger partial charge in [0, 0.05) is 0 Å². The molecule has 1 aromatic carbocycles. The van der Waals surface area contributed by atoms with Crippen molar-refractivity contribution in [2.24, 2.45) is 0 Å². The van der Waals surface area contributed by atoms with Crippen LogP contribution in [0.15, 0.2) is 24.3 Å². The summed E-state index contributed by atoms with van der Waals surface area (Å²) >= 11 is 0. The van der Waals surface area contributed by atoms with Crippen molar-refractivity contribution in [2.45, 2.75) is 65.0 Å². The van der Waals surface area contributed by atoms with E-state index in [1.165, 1.54) is 11.1 Å². The standard InChI is InChI=1S/C16H25BO2/c1-13-8-10-14(11-9-13)7-6-12-17-18-15(2,3)16(4,5)19-17/h8-11H,6-7,12H2,1-5H3. The molecule has 2 rings (SSSR count). The number of hydrogen-bond donors (Lipinski definition) is 0. The lowest BCUT2D eigenvalue weighted by Crippen LogP contribution is -2.41. The largest absolute Gasteiger partial charge is 0.457 e. The van der Waals surface area contributed by atoms with Gasteiger partial charge in [-0.25, -0.2) is 0 Å². The molecule has 0 bridgehead atoms. The van der Waals surface area contributed by atoms with Crippen molar-refractivity contribution in [2.75, 3.05) is 0 Å². The summed E-state index contributed by atoms with van der Waals surface area (Å²) in [5.41, 5.74) is 2.29. The van der Waals surface area contributed by atoms with E-state index in [-0.39, 0.29) is 18.3 Å². The summed E-state index contributed by atoms with van der Waals surface area (Å²) in [5.74, 6) is 0. The van der Waals surface area contributed by atoms with E-state index in [1.54, 1.807) is 0 Å². The van der Waals surface area contributed by atoms with E-state index in [2.05, 4.69) is 58.9 Å². The number of aryl methyl sites for hydroxylation is 2. The summed E-state index contributed by atoms with van der Waals surface area (Å²) in [4.78, 5) is 0. The summed E-state index contributed by atoms with van der Waals surface area (Å²) < 4.78 is 12.0. The molecule has 1 saturated heterocycles. The van der Waals surface area contributed by atoms with Gasteiger partial charge in [0.25, 0.3) is 0 Å². The molecule has 2 nitrogen and oxygen atoms in total. The third-order valence-corrected chi connectivity index (χ3v) is 4.33. The van der Waals surface area contributed by atoms with Crippen LogP contribution in [0.1, 0.15) is 45.2 Å². The minimum Gasteiger partial charge on any atom is -0.403 e. The molecule has 0 N–H and O–H groups in total. The van der Waals surface area contributed by atoms with Crippen LogP contribution in [0, 0.1) is 6.92 Å². The van der Waals surface area contributed by atoms with Crippen LogP contribution in [0.25, 0.3) is 0 Å². The average molecular weight is 260 g/mol. The van der Waals surface area contributed by atoms with Gasteiger partial charge in [-0.05, 0) is 52.9 Å². The molecular weight excluding hydrogens is 235 g/mol. The Hall–Kier alpha value is -0.795. The summed E-state index contributed by atoms with van der Waals surface area (Å²) in [7, 11) is -0.0598. The number of hydrogen-bond acceptors (Lipinski definition) is 2. The highest BCUT2D eigenvalue weighted by atomic mass is 16.7. The molecule has 19 heavy (non-hydrogen) atoms. The van der Waals surface area contributed by atoms with Crippen molar-refractivity contribution >= 4 is 7.12 Å². The van der Waals surface area contributed by atoms with Crippen LogP contribution in [0.5, 0.6) is 0 Å². The molecule has 0 atom stereocenters. The lowest BCUT2D eigenvalue weighted by atomic mass is 9.82. The van der Waals surface area contributed by atoms with Crippen molar-refractivity contribution in [3.63, 3.8) is 0 Å². The minimum absolute atomic E-state index is 0.0598. The van der Waals surface area contributed by atoms with Gasteiger partial charge in [0.2, 0.25) is 0 Å². The molecule has 1 aliphatic heterocycles. The Morgan fingerprint density at radius 3 is 2.00 bits per heavy atom. The zero-order valence-electron chi connectivity index (χ0n) is 12.8. The van der Waals surface area contributed by atoms with Crippen LogP contribution in [-0.2, 0) is 15.7 Å². The maximum atomic E-state index is 6.00. The van der Waals surface area contributed by atoms with Crippen LogP contribution < -0.4 is 0 Å². The van der Waals surface area contributed by atoms with E-state index in [0.29, 0.717) is 0 Å². The highest BCUT2D eigenvalue weighted by Gasteiger charge is 2.50. The second-order valence-electron chi connectivity index (χ2n) is 6.56. The predicted molar refractivity (Wildman–Crippen MR) is 80.4 cm³/mol. The molecule has 1 heterocycles. The highest BCUT2D eigenvalue weighted by Crippen LogP contribution is 2.38. The first kappa shape index (κ1) is 14.6. The van der Waals surface area contributed by atoms with Crippen molar-refractivity contribution in [1.29, 1.82) is 0 Å². The SMILES string of the molecule is Cc1ccc(CCCB2OC(C)(C)C(C)(C)O2)cc1. The smallest absolute Gasteiger partial charge is 0.403 e. The first-order valence-electron chi connectivity index (χ1n) is 7.21. The maximum Gasteiger partial charge on any atom is 0.457 e. The number of benzene rings is 1. The Kier molecular flexibility index (Phi) is 4.07. The lowest BCUT2D eigenvalue weighted by molar-refractivity contribution is 0.00578. The van der Waals surface area contributed by atoms with Gasteiger partial charge in [-0.1, -0.05) is 36.2 Å². The van der Waals surface area contributed by atoms with Gasteiger partial charge in [-0.15, -0.1) is 0 Å². The quantitative estimate of drug-likeness (QED) is 0.761. The molecule has 104 valence electrons. The Morgan fingerprint density at radius 2 is 1.47 bits per heavy atom. The fourth-order valence-electron chi connectivity index (χ4n) is 2.31. The van der Waals surface area contributed by atoms with E-state index in [9.17, 15) is 0 Å². The van der Waals surface area contributed by atoms with Crippen molar-refractivity contribution < 1.29 is 9.31 Å². The lowest BCUT2D eigenvalue weighted by Gasteiger charge is -2.32. The Balaban J connectivity index is 1.80. The molecule has 0 radical (unpaired) electrons. The highest BCUT2D eigenvalue weighted by molar-refractivity contribution is 6.45. The first-order chi connectivity index (χ1) is 8.80. The van der Waals surface area contributed by atoms with Gasteiger partial charge in [0.15, 0.2) is 0 Å². The van der Waals surface area contributed by atoms with E-state index in [1.807, 2.05) is 0 Å². The van der Waals surface area contributed by atoms with Crippen LogP contribution >= 0.6 is 0 Å². The van der Waals surface area contributed by atoms with Crippen LogP contribution in [0.4, 0.5) is 0 Å². The van der Waals surface area contributed by atoms with Gasteiger partial charge < -0.3 is 9.31 Å². The topological polar surface area (TPSA) is 18.5 Å². The summed E-state index contributed by atoms with van der Waals surface area (Å²) in [6, 6.07) is 8.76. The molecule has 1 aromatic rings. The zero-order chi connectivity index (χ0) is 14.1. The Bertz CT molecular complexity index is 407. The fraction of sp³-hybridized carbons (Fsp3) is 0.625. The van der Waals surface area contributed by atoms with Gasteiger partial charge in [0.1, 0.15) is 0 Å². The van der Waals surface area contributed by atoms with Crippen molar-refractivity contribution in [3.05, 3.63) is 35.4 Å². The molecule has 3 heteroatoms. The second kappa shape index (κ2) is 5.30. The van der Waals surface area contributed by atoms with E-state index in [0.717, 1.165) is 19.2 Å². The molecule has 0 amide bonds. The summed E-state index contributed by atoms with van der Waals surface area (Å²) in [5, 5.41) is 0. The molecule has 0 spiro atoms. The van der Waals surface area contributed by atoms with Gasteiger partial charge in [-0.3, -0.25) is 0 Å². The van der Waals surface area contributed by atoms with E-state index >= 15 is 0 Å². The van der Waals surface area contributed by atoms with Crippen LogP contribution in [0.3, 0.4) is 0 Å². The Morgan fingerprint density at radius 1 is 0.947 bits per heavy atom. The molecule has 0 saturated carbocycles.